The van der Waals surface area contributed by atoms with Crippen molar-refractivity contribution in [3.05, 3.63) is 65.2 Å². The van der Waals surface area contributed by atoms with E-state index in [-0.39, 0.29) is 26.0 Å². The van der Waals surface area contributed by atoms with Gasteiger partial charge in [-0.25, -0.2) is 4.79 Å². The van der Waals surface area contributed by atoms with Crippen molar-refractivity contribution in [3.8, 4) is 11.8 Å². The van der Waals surface area contributed by atoms with Crippen LogP contribution in [0.3, 0.4) is 0 Å². The molecule has 0 aliphatic heterocycles. The highest BCUT2D eigenvalue weighted by atomic mass is 32.1. The molecule has 2 N–H and O–H groups in total. The van der Waals surface area contributed by atoms with Crippen molar-refractivity contribution in [1.82, 2.24) is 10.6 Å². The molecule has 7 nitrogen and oxygen atoms in total. The van der Waals surface area contributed by atoms with Crippen molar-refractivity contribution < 1.29 is 20.4 Å². The van der Waals surface area contributed by atoms with E-state index >= 15 is 0 Å². The van der Waals surface area contributed by atoms with Gasteiger partial charge in [-0.1, -0.05) is 42.0 Å². The summed E-state index contributed by atoms with van der Waals surface area (Å²) in [6.45, 7) is 1.78. The van der Waals surface area contributed by atoms with Crippen LogP contribution in [0.15, 0.2) is 48.5 Å². The molecule has 8 heteroatoms. The van der Waals surface area contributed by atoms with E-state index in [9.17, 15) is 14.9 Å². The van der Waals surface area contributed by atoms with Crippen molar-refractivity contribution in [2.24, 2.45) is 0 Å². The number of rotatable bonds is 11. The molecular formula is C25H33N3O4S. The average molecular weight is 474 g/mol. The summed E-state index contributed by atoms with van der Waals surface area (Å²) >= 11 is 3.53. The van der Waals surface area contributed by atoms with Crippen molar-refractivity contribution >= 4 is 24.5 Å². The molecule has 0 aliphatic rings. The maximum atomic E-state index is 12.7. The van der Waals surface area contributed by atoms with E-state index in [1.807, 2.05) is 37.3 Å². The molecule has 0 fully saturated rings. The summed E-state index contributed by atoms with van der Waals surface area (Å²) in [7, 11) is 1.72. The van der Waals surface area contributed by atoms with Gasteiger partial charge in [-0.05, 0) is 56.8 Å². The molecule has 2 aromatic rings. The number of benzene rings is 2. The number of ether oxygens (including phenoxy) is 2. The molecule has 0 bridgehead atoms. The Balaban J connectivity index is 0.00000281. The van der Waals surface area contributed by atoms with Crippen molar-refractivity contribution in [2.75, 3.05) is 26.5 Å². The number of carbonyl (C=O) groups excluding carboxylic acids is 2. The summed E-state index contributed by atoms with van der Waals surface area (Å²) < 4.78 is 17.2. The van der Waals surface area contributed by atoms with E-state index in [0.29, 0.717) is 18.6 Å². The first-order valence-corrected chi connectivity index (χ1v) is 11.4. The maximum absolute atomic E-state index is 12.7. The van der Waals surface area contributed by atoms with Gasteiger partial charge in [0.15, 0.2) is 6.61 Å². The third-order valence-electron chi connectivity index (χ3n) is 4.62. The lowest BCUT2D eigenvalue weighted by Crippen LogP contribution is -2.48. The molecule has 2 atom stereocenters. The van der Waals surface area contributed by atoms with Crippen LogP contribution in [0.25, 0.3) is 0 Å². The molecule has 0 saturated carbocycles. The minimum Gasteiger partial charge on any atom is -0.482 e. The highest BCUT2D eigenvalue weighted by molar-refractivity contribution is 7.79. The lowest BCUT2D eigenvalue weighted by Gasteiger charge is -2.19. The lowest BCUT2D eigenvalue weighted by molar-refractivity contribution is -0.145. The lowest BCUT2D eigenvalue weighted by atomic mass is 10.0. The highest BCUT2D eigenvalue weighted by Crippen LogP contribution is 2.15. The number of carbonyl (C=O) groups is 2. The number of likely N-dealkylation sites (N-methyl/N-ethyl adjacent to an activating group) is 1. The molecule has 33 heavy (non-hydrogen) atoms. The minimum absolute atomic E-state index is 0.00188. The molecule has 0 unspecified atom stereocenters. The second-order valence-electron chi connectivity index (χ2n) is 7.09. The van der Waals surface area contributed by atoms with Gasteiger partial charge in [-0.3, -0.25) is 4.79 Å². The van der Waals surface area contributed by atoms with Crippen LogP contribution in [0, 0.1) is 18.3 Å². The fraction of sp³-hybridized carbons (Fsp3) is 0.400. The van der Waals surface area contributed by atoms with Crippen LogP contribution in [0.2, 0.25) is 0 Å². The molecule has 0 heterocycles. The van der Waals surface area contributed by atoms with Crippen LogP contribution in [-0.4, -0.2) is 50.5 Å². The Morgan fingerprint density at radius 3 is 2.48 bits per heavy atom. The molecule has 1 amide bonds. The van der Waals surface area contributed by atoms with Gasteiger partial charge >= 0.3 is 5.97 Å². The van der Waals surface area contributed by atoms with Crippen molar-refractivity contribution in [1.29, 1.82) is 5.26 Å². The van der Waals surface area contributed by atoms with Crippen LogP contribution in [-0.2, 0) is 27.2 Å². The number of nitrogens with zero attached hydrogens (tertiary/aromatic N) is 1. The normalized spacial score (nSPS) is 12.2. The van der Waals surface area contributed by atoms with Crippen LogP contribution in [0.4, 0.5) is 0 Å². The number of aryl methyl sites for hydroxylation is 1. The molecule has 0 saturated heterocycles. The number of esters is 1. The van der Waals surface area contributed by atoms with E-state index in [2.05, 4.69) is 29.3 Å². The van der Waals surface area contributed by atoms with Crippen LogP contribution in [0.1, 0.15) is 25.0 Å². The molecule has 2 aromatic carbocycles. The number of hydrogen-bond acceptors (Lipinski definition) is 7. The van der Waals surface area contributed by atoms with Crippen LogP contribution >= 0.6 is 12.6 Å². The van der Waals surface area contributed by atoms with Crippen LogP contribution in [0.5, 0.6) is 5.75 Å². The van der Waals surface area contributed by atoms with Crippen LogP contribution < -0.4 is 15.4 Å². The topological polar surface area (TPSA) is 100 Å². The Kier molecular flexibility index (Phi) is 12.5. The predicted molar refractivity (Wildman–Crippen MR) is 132 cm³/mol. The summed E-state index contributed by atoms with van der Waals surface area (Å²) in [6.07, 6.45) is 2.51. The molecular weight excluding hydrogens is 438 g/mol. The summed E-state index contributed by atoms with van der Waals surface area (Å²) in [5, 5.41) is 15.4. The first-order chi connectivity index (χ1) is 16.4. The highest BCUT2D eigenvalue weighted by Gasteiger charge is 2.21. The molecule has 2 rings (SSSR count). The first kappa shape index (κ1) is 26.2. The predicted octanol–water partition coefficient (Wildman–Crippen LogP) is 2.86. The zero-order chi connectivity index (χ0) is 25.3. The van der Waals surface area contributed by atoms with Gasteiger partial charge in [0.25, 0.3) is 0 Å². The van der Waals surface area contributed by atoms with Gasteiger partial charge in [-0.15, -0.1) is 0 Å². The number of nitrogens with one attached hydrogen (secondary N) is 2. The fourth-order valence-corrected chi connectivity index (χ4v) is 3.10. The second-order valence-corrected chi connectivity index (χ2v) is 7.09. The molecule has 0 spiro atoms. The van der Waals surface area contributed by atoms with Crippen molar-refractivity contribution in [2.45, 2.75) is 38.7 Å². The number of thiol groups is 1. The van der Waals surface area contributed by atoms with E-state index in [4.69, 9.17) is 10.8 Å². The monoisotopic (exact) mass is 473 g/mol. The number of hydrogen-bond donors (Lipinski definition) is 3. The smallest absolute Gasteiger partial charge is 0.344 e. The molecule has 0 radical (unpaired) electrons. The largest absolute Gasteiger partial charge is 0.482 e. The van der Waals surface area contributed by atoms with E-state index in [1.54, 1.807) is 31.5 Å². The summed E-state index contributed by atoms with van der Waals surface area (Å²) in [5.41, 5.74) is 2.95. The first-order valence-electron chi connectivity index (χ1n) is 11.2. The zero-order valence-corrected chi connectivity index (χ0v) is 20.2. The Bertz CT molecular complexity index is 952. The van der Waals surface area contributed by atoms with E-state index < -0.39 is 18.1 Å². The third-order valence-corrected chi connectivity index (χ3v) is 4.62. The van der Waals surface area contributed by atoms with Gasteiger partial charge < -0.3 is 20.1 Å². The van der Waals surface area contributed by atoms with Gasteiger partial charge in [0.05, 0.1) is 18.7 Å². The summed E-state index contributed by atoms with van der Waals surface area (Å²) in [5.74, 6) is -0.331. The van der Waals surface area contributed by atoms with Gasteiger partial charge in [0, 0.05) is 7.79 Å². The fourth-order valence-electron chi connectivity index (χ4n) is 3.10. The van der Waals surface area contributed by atoms with Gasteiger partial charge in [0.2, 0.25) is 5.91 Å². The minimum atomic E-state index is -0.715. The number of amides is 1. The quantitative estimate of drug-likeness (QED) is 0.343. The van der Waals surface area contributed by atoms with Crippen molar-refractivity contribution in [3.63, 3.8) is 0 Å². The third kappa shape index (κ3) is 10.4. The SMILES string of the molecule is CS.[3H]CCOC(=O)COc1cccc(C[C@@H](C#N)NC(=O)[C@H](Cc2cccc(C)c2)NC)c1. The maximum Gasteiger partial charge on any atom is 0.344 e. The average Bonchev–Trinajstić information content (AvgIpc) is 2.85. The standard InChI is InChI=1S/C24H29N3O4.CH4S/c1-4-30-23(28)16-31-21-10-6-9-19(13-21)12-20(15-25)27-24(29)22(26-3)14-18-8-5-7-17(2)11-18;1-2/h5-11,13,20,22,26H,4,12,14,16H2,1-3H3,(H,27,29);2H,1H3/t20-,22-;/m0./s1/i1T;. The molecule has 178 valence electrons. The molecule has 0 aliphatic carbocycles. The Morgan fingerprint density at radius 2 is 1.85 bits per heavy atom. The Hall–Kier alpha value is -3.02. The summed E-state index contributed by atoms with van der Waals surface area (Å²) in [6, 6.07) is 15.9. The summed E-state index contributed by atoms with van der Waals surface area (Å²) in [4.78, 5) is 24.3. The Labute approximate surface area is 203 Å². The van der Waals surface area contributed by atoms with E-state index in [1.165, 1.54) is 0 Å². The Morgan fingerprint density at radius 1 is 1.15 bits per heavy atom. The molecule has 0 aromatic heterocycles. The number of nitriles is 1. The zero-order valence-electron chi connectivity index (χ0n) is 20.3. The van der Waals surface area contributed by atoms with E-state index in [0.717, 1.165) is 16.7 Å². The van der Waals surface area contributed by atoms with Gasteiger partial charge in [-0.2, -0.15) is 17.9 Å². The van der Waals surface area contributed by atoms with Gasteiger partial charge in [0.1, 0.15) is 11.8 Å². The second kappa shape index (κ2) is 15.7.